The average Bonchev–Trinajstić information content (AvgIpc) is 2.74. The second-order valence-electron chi connectivity index (χ2n) is 7.03. The number of aliphatic hydroxyl groups is 2. The Balaban J connectivity index is 2.23. The summed E-state index contributed by atoms with van der Waals surface area (Å²) >= 11 is 0. The van der Waals surface area contributed by atoms with Crippen molar-refractivity contribution in [3.05, 3.63) is 0 Å². The number of likely N-dealkylation sites (tertiary alicyclic amines) is 1. The number of hydrogen-bond acceptors (Lipinski definition) is 7. The summed E-state index contributed by atoms with van der Waals surface area (Å²) in [5.74, 6) is -0.881. The summed E-state index contributed by atoms with van der Waals surface area (Å²) in [6.07, 6.45) is -2.99. The molecule has 5 atom stereocenters. The van der Waals surface area contributed by atoms with Crippen LogP contribution in [0.5, 0.6) is 0 Å². The standard InChI is InChI=1S/C15H25NO7/c1-15(2,3)23-14(20)16-6-8-5-9(17)10(18)7-22-12(8)11(16)13(19)21-4/h8-12,17-18H,5-7H2,1-4H3/t8-,9+,10-,11-,12+/m0/s1. The maximum absolute atomic E-state index is 12.4. The predicted molar refractivity (Wildman–Crippen MR) is 78.6 cm³/mol. The number of rotatable bonds is 1. The summed E-state index contributed by atoms with van der Waals surface area (Å²) in [7, 11) is 1.24. The molecule has 0 aromatic rings. The Labute approximate surface area is 135 Å². The van der Waals surface area contributed by atoms with E-state index < -0.39 is 42.0 Å². The molecule has 0 saturated carbocycles. The highest BCUT2D eigenvalue weighted by atomic mass is 16.6. The Morgan fingerprint density at radius 3 is 2.43 bits per heavy atom. The fourth-order valence-corrected chi connectivity index (χ4v) is 3.02. The third-order valence-electron chi connectivity index (χ3n) is 4.06. The average molecular weight is 331 g/mol. The van der Waals surface area contributed by atoms with Crippen LogP contribution in [-0.4, -0.2) is 77.4 Å². The van der Waals surface area contributed by atoms with Gasteiger partial charge in [0.15, 0.2) is 6.04 Å². The number of carbonyl (C=O) groups excluding carboxylic acids is 2. The van der Waals surface area contributed by atoms with Crippen molar-refractivity contribution in [3.8, 4) is 0 Å². The van der Waals surface area contributed by atoms with Crippen LogP contribution < -0.4 is 0 Å². The highest BCUT2D eigenvalue weighted by molar-refractivity contribution is 5.83. The molecule has 0 unspecified atom stereocenters. The van der Waals surface area contributed by atoms with Crippen LogP contribution in [0.15, 0.2) is 0 Å². The molecule has 2 saturated heterocycles. The van der Waals surface area contributed by atoms with E-state index in [4.69, 9.17) is 14.2 Å². The zero-order valence-corrected chi connectivity index (χ0v) is 13.9. The van der Waals surface area contributed by atoms with Gasteiger partial charge in [-0.2, -0.15) is 0 Å². The van der Waals surface area contributed by atoms with Crippen molar-refractivity contribution in [2.75, 3.05) is 20.3 Å². The second-order valence-corrected chi connectivity index (χ2v) is 7.03. The smallest absolute Gasteiger partial charge is 0.411 e. The lowest BCUT2D eigenvalue weighted by Crippen LogP contribution is -2.48. The lowest BCUT2D eigenvalue weighted by molar-refractivity contribution is -0.151. The van der Waals surface area contributed by atoms with Crippen molar-refractivity contribution in [2.45, 2.75) is 57.1 Å². The third kappa shape index (κ3) is 3.94. The summed E-state index contributed by atoms with van der Waals surface area (Å²) in [6, 6.07) is -0.947. The Morgan fingerprint density at radius 1 is 1.22 bits per heavy atom. The molecule has 23 heavy (non-hydrogen) atoms. The largest absolute Gasteiger partial charge is 0.467 e. The van der Waals surface area contributed by atoms with Crippen LogP contribution in [0.4, 0.5) is 4.79 Å². The quantitative estimate of drug-likeness (QED) is 0.647. The molecule has 8 nitrogen and oxygen atoms in total. The number of carbonyl (C=O) groups is 2. The van der Waals surface area contributed by atoms with Crippen LogP contribution in [0.1, 0.15) is 27.2 Å². The van der Waals surface area contributed by atoms with E-state index in [-0.39, 0.29) is 25.5 Å². The molecule has 2 aliphatic rings. The van der Waals surface area contributed by atoms with Gasteiger partial charge in [-0.3, -0.25) is 4.90 Å². The number of amides is 1. The lowest BCUT2D eigenvalue weighted by atomic mass is 9.95. The molecule has 2 rings (SSSR count). The molecule has 0 aromatic carbocycles. The number of esters is 1. The molecule has 1 amide bonds. The van der Waals surface area contributed by atoms with Gasteiger partial charge in [-0.25, -0.2) is 9.59 Å². The van der Waals surface area contributed by atoms with E-state index in [0.29, 0.717) is 0 Å². The summed E-state index contributed by atoms with van der Waals surface area (Å²) in [5, 5.41) is 19.6. The molecule has 2 N–H and O–H groups in total. The highest BCUT2D eigenvalue weighted by Crippen LogP contribution is 2.34. The van der Waals surface area contributed by atoms with Crippen LogP contribution in [-0.2, 0) is 19.0 Å². The minimum atomic E-state index is -1.01. The van der Waals surface area contributed by atoms with E-state index in [0.717, 1.165) is 0 Å². The first-order valence-corrected chi connectivity index (χ1v) is 7.69. The van der Waals surface area contributed by atoms with Gasteiger partial charge < -0.3 is 24.4 Å². The Hall–Kier alpha value is -1.38. The van der Waals surface area contributed by atoms with Gasteiger partial charge in [-0.05, 0) is 27.2 Å². The van der Waals surface area contributed by atoms with Gasteiger partial charge in [0.05, 0.1) is 25.9 Å². The maximum Gasteiger partial charge on any atom is 0.411 e. The summed E-state index contributed by atoms with van der Waals surface area (Å²) in [5.41, 5.74) is -0.695. The van der Waals surface area contributed by atoms with E-state index in [9.17, 15) is 19.8 Å². The summed E-state index contributed by atoms with van der Waals surface area (Å²) in [6.45, 7) is 5.32. The summed E-state index contributed by atoms with van der Waals surface area (Å²) < 4.78 is 15.7. The van der Waals surface area contributed by atoms with Gasteiger partial charge in [-0.15, -0.1) is 0 Å². The second kappa shape index (κ2) is 6.62. The zero-order chi connectivity index (χ0) is 17.4. The molecule has 0 radical (unpaired) electrons. The minimum absolute atomic E-state index is 0.0992. The minimum Gasteiger partial charge on any atom is -0.467 e. The van der Waals surface area contributed by atoms with Crippen molar-refractivity contribution < 1.29 is 34.0 Å². The van der Waals surface area contributed by atoms with Gasteiger partial charge in [0.1, 0.15) is 11.7 Å². The van der Waals surface area contributed by atoms with Crippen molar-refractivity contribution in [1.29, 1.82) is 0 Å². The molecule has 2 heterocycles. The molecule has 0 aromatic heterocycles. The van der Waals surface area contributed by atoms with Crippen LogP contribution >= 0.6 is 0 Å². The molecule has 132 valence electrons. The summed E-state index contributed by atoms with van der Waals surface area (Å²) in [4.78, 5) is 25.8. The fraction of sp³-hybridized carbons (Fsp3) is 0.867. The van der Waals surface area contributed by atoms with Gasteiger partial charge in [-0.1, -0.05) is 0 Å². The first kappa shape index (κ1) is 18.0. The van der Waals surface area contributed by atoms with E-state index in [1.165, 1.54) is 12.0 Å². The normalized spacial score (nSPS) is 34.5. The molecule has 2 aliphatic heterocycles. The van der Waals surface area contributed by atoms with Crippen molar-refractivity contribution in [3.63, 3.8) is 0 Å². The van der Waals surface area contributed by atoms with E-state index in [2.05, 4.69) is 0 Å². The Bertz CT molecular complexity index is 461. The zero-order valence-electron chi connectivity index (χ0n) is 13.9. The highest BCUT2D eigenvalue weighted by Gasteiger charge is 2.52. The van der Waals surface area contributed by atoms with Gasteiger partial charge in [0.25, 0.3) is 0 Å². The Morgan fingerprint density at radius 2 is 1.87 bits per heavy atom. The van der Waals surface area contributed by atoms with Crippen molar-refractivity contribution in [2.24, 2.45) is 5.92 Å². The first-order chi connectivity index (χ1) is 10.6. The van der Waals surface area contributed by atoms with Gasteiger partial charge in [0.2, 0.25) is 0 Å². The molecule has 2 fully saturated rings. The van der Waals surface area contributed by atoms with Crippen LogP contribution in [0.2, 0.25) is 0 Å². The van der Waals surface area contributed by atoms with Crippen LogP contribution in [0, 0.1) is 5.92 Å². The van der Waals surface area contributed by atoms with Gasteiger partial charge in [0, 0.05) is 12.5 Å². The molecular weight excluding hydrogens is 306 g/mol. The number of fused-ring (bicyclic) bond motifs is 1. The topological polar surface area (TPSA) is 106 Å². The molecule has 0 spiro atoms. The first-order valence-electron chi connectivity index (χ1n) is 7.69. The maximum atomic E-state index is 12.4. The van der Waals surface area contributed by atoms with Crippen molar-refractivity contribution in [1.82, 2.24) is 4.90 Å². The molecular formula is C15H25NO7. The van der Waals surface area contributed by atoms with Crippen LogP contribution in [0.25, 0.3) is 0 Å². The number of nitrogens with zero attached hydrogens (tertiary/aromatic N) is 1. The van der Waals surface area contributed by atoms with Crippen LogP contribution in [0.3, 0.4) is 0 Å². The third-order valence-corrected chi connectivity index (χ3v) is 4.06. The number of aliphatic hydroxyl groups excluding tert-OH is 2. The monoisotopic (exact) mass is 331 g/mol. The predicted octanol–water partition coefficient (Wildman–Crippen LogP) is -0.0944. The Kier molecular flexibility index (Phi) is 5.17. The molecule has 0 aliphatic carbocycles. The SMILES string of the molecule is COC(=O)[C@@H]1[C@@H]2OC[C@H](O)[C@H](O)C[C@H]2CN1C(=O)OC(C)(C)C. The lowest BCUT2D eigenvalue weighted by Gasteiger charge is -2.29. The molecule has 8 heteroatoms. The van der Waals surface area contributed by atoms with E-state index in [1.807, 2.05) is 0 Å². The van der Waals surface area contributed by atoms with E-state index >= 15 is 0 Å². The van der Waals surface area contributed by atoms with Crippen molar-refractivity contribution >= 4 is 12.1 Å². The van der Waals surface area contributed by atoms with Gasteiger partial charge >= 0.3 is 12.1 Å². The van der Waals surface area contributed by atoms with E-state index in [1.54, 1.807) is 20.8 Å². The number of hydrogen-bond donors (Lipinski definition) is 2. The fourth-order valence-electron chi connectivity index (χ4n) is 3.02. The number of methoxy groups -OCH3 is 1. The number of ether oxygens (including phenoxy) is 3. The molecule has 0 bridgehead atoms.